The molecule has 0 bridgehead atoms. The Morgan fingerprint density at radius 3 is 2.43 bits per heavy atom. The van der Waals surface area contributed by atoms with Crippen molar-refractivity contribution in [2.24, 2.45) is 5.73 Å². The fourth-order valence-corrected chi connectivity index (χ4v) is 3.49. The Hall–Kier alpha value is -2.20. The second-order valence-electron chi connectivity index (χ2n) is 4.74. The summed E-state index contributed by atoms with van der Waals surface area (Å²) in [7, 11) is -3.15. The molecule has 1 rings (SSSR count). The summed E-state index contributed by atoms with van der Waals surface area (Å²) in [5.74, 6) is -0.738. The van der Waals surface area contributed by atoms with Crippen LogP contribution in [0.15, 0.2) is 35.2 Å². The van der Waals surface area contributed by atoms with E-state index >= 15 is 0 Å². The Morgan fingerprint density at radius 1 is 1.35 bits per heavy atom. The number of rotatable bonds is 9. The molecule has 0 unspecified atom stereocenters. The van der Waals surface area contributed by atoms with E-state index in [0.29, 0.717) is 19.4 Å². The van der Waals surface area contributed by atoms with Gasteiger partial charge in [0.25, 0.3) is 0 Å². The molecule has 1 aromatic carbocycles. The van der Waals surface area contributed by atoms with Crippen molar-refractivity contribution in [1.29, 1.82) is 0 Å². The first-order valence-electron chi connectivity index (χ1n) is 7.01. The summed E-state index contributed by atoms with van der Waals surface area (Å²) >= 11 is 0. The number of hydrogen-bond donors (Lipinski definition) is 2. The van der Waals surface area contributed by atoms with Crippen LogP contribution in [0.1, 0.15) is 19.3 Å². The molecule has 0 fully saturated rings. The first-order chi connectivity index (χ1) is 10.9. The minimum atomic E-state index is -4.45. The quantitative estimate of drug-likeness (QED) is 0.371. The van der Waals surface area contributed by atoms with Gasteiger partial charge in [-0.25, -0.2) is 10.1 Å². The molecule has 1 amide bonds. The van der Waals surface area contributed by atoms with Crippen molar-refractivity contribution in [2.75, 3.05) is 13.6 Å². The molecule has 10 heteroatoms. The lowest BCUT2D eigenvalue weighted by atomic mass is 10.1. The normalized spacial score (nSPS) is 12.4. The first-order valence-corrected chi connectivity index (χ1v) is 8.45. The summed E-state index contributed by atoms with van der Waals surface area (Å²) in [5, 5.41) is 12.6. The van der Waals surface area contributed by atoms with Gasteiger partial charge < -0.3 is 11.1 Å². The van der Waals surface area contributed by atoms with E-state index in [4.69, 9.17) is 5.73 Å². The molecule has 1 aromatic rings. The standard InChI is InChI=1S/C13H20N4O5S/c1-15-13(18)12(9-5-6-10-14)16(17(19)20)23(21,22)11-7-3-2-4-8-11/h2-4,7-8,12H,5-6,9-10,14H2,1H3,(H,15,18)/t12-/m0/s1. The summed E-state index contributed by atoms with van der Waals surface area (Å²) in [6.45, 7) is 0.352. The smallest absolute Gasteiger partial charge is 0.314 e. The molecule has 0 aliphatic rings. The zero-order valence-corrected chi connectivity index (χ0v) is 13.5. The third-order valence-corrected chi connectivity index (χ3v) is 4.94. The topological polar surface area (TPSA) is 136 Å². The molecule has 0 saturated carbocycles. The highest BCUT2D eigenvalue weighted by atomic mass is 32.2. The lowest BCUT2D eigenvalue weighted by Crippen LogP contribution is -2.51. The van der Waals surface area contributed by atoms with E-state index in [0.717, 1.165) is 0 Å². The number of nitro groups is 1. The number of hydrazine groups is 1. The van der Waals surface area contributed by atoms with Crippen molar-refractivity contribution < 1.29 is 18.2 Å². The van der Waals surface area contributed by atoms with Gasteiger partial charge in [0.15, 0.2) is 11.1 Å². The number of hydrogen-bond acceptors (Lipinski definition) is 6. The highest BCUT2D eigenvalue weighted by Crippen LogP contribution is 2.21. The molecule has 0 aromatic heterocycles. The molecular formula is C13H20N4O5S. The van der Waals surface area contributed by atoms with E-state index in [-0.39, 0.29) is 15.7 Å². The minimum absolute atomic E-state index is 0.00389. The predicted molar refractivity (Wildman–Crippen MR) is 83.2 cm³/mol. The Labute approximate surface area is 134 Å². The van der Waals surface area contributed by atoms with Gasteiger partial charge in [0, 0.05) is 11.5 Å². The fraction of sp³-hybridized carbons (Fsp3) is 0.462. The van der Waals surface area contributed by atoms with Gasteiger partial charge >= 0.3 is 10.0 Å². The number of nitrogens with zero attached hydrogens (tertiary/aromatic N) is 2. The minimum Gasteiger partial charge on any atom is -0.357 e. The van der Waals surface area contributed by atoms with Gasteiger partial charge in [-0.15, -0.1) is 0 Å². The van der Waals surface area contributed by atoms with E-state index in [1.165, 1.54) is 31.3 Å². The lowest BCUT2D eigenvalue weighted by Gasteiger charge is -2.22. The summed E-state index contributed by atoms with van der Waals surface area (Å²) in [6.07, 6.45) is 0.928. The highest BCUT2D eigenvalue weighted by Gasteiger charge is 2.43. The van der Waals surface area contributed by atoms with Crippen molar-refractivity contribution in [3.63, 3.8) is 0 Å². The number of carbonyl (C=O) groups excluding carboxylic acids is 1. The number of amides is 1. The maximum atomic E-state index is 12.5. The monoisotopic (exact) mass is 344 g/mol. The molecular weight excluding hydrogens is 324 g/mol. The lowest BCUT2D eigenvalue weighted by molar-refractivity contribution is -0.625. The van der Waals surface area contributed by atoms with Crippen molar-refractivity contribution >= 4 is 15.9 Å². The van der Waals surface area contributed by atoms with Crippen LogP contribution < -0.4 is 11.1 Å². The zero-order valence-electron chi connectivity index (χ0n) is 12.7. The second-order valence-corrected chi connectivity index (χ2v) is 6.54. The number of nitrogens with two attached hydrogens (primary N) is 1. The Bertz CT molecular complexity index is 635. The van der Waals surface area contributed by atoms with Crippen molar-refractivity contribution in [1.82, 2.24) is 9.73 Å². The Morgan fingerprint density at radius 2 is 1.96 bits per heavy atom. The molecule has 3 N–H and O–H groups in total. The van der Waals surface area contributed by atoms with Crippen LogP contribution in [0.3, 0.4) is 0 Å². The molecule has 1 atom stereocenters. The van der Waals surface area contributed by atoms with Crippen molar-refractivity contribution in [2.45, 2.75) is 30.2 Å². The number of likely N-dealkylation sites (N-methyl/N-ethyl adjacent to an activating group) is 1. The van der Waals surface area contributed by atoms with Gasteiger partial charge in [0.1, 0.15) is 0 Å². The fourth-order valence-electron chi connectivity index (χ4n) is 2.06. The average molecular weight is 344 g/mol. The third-order valence-electron chi connectivity index (χ3n) is 3.20. The summed E-state index contributed by atoms with van der Waals surface area (Å²) < 4.78 is 25.1. The molecule has 0 saturated heterocycles. The third kappa shape index (κ3) is 4.63. The van der Waals surface area contributed by atoms with Crippen LogP contribution in [-0.2, 0) is 14.8 Å². The predicted octanol–water partition coefficient (Wildman–Crippen LogP) is 0.113. The number of unbranched alkanes of at least 4 members (excludes halogenated alkanes) is 1. The maximum Gasteiger partial charge on any atom is 0.314 e. The van der Waals surface area contributed by atoms with Gasteiger partial charge in [-0.2, -0.15) is 8.42 Å². The molecule has 0 aliphatic heterocycles. The number of benzene rings is 1. The van der Waals surface area contributed by atoms with Gasteiger partial charge in [-0.05, 0) is 37.9 Å². The van der Waals surface area contributed by atoms with Crippen LogP contribution >= 0.6 is 0 Å². The van der Waals surface area contributed by atoms with E-state index in [1.807, 2.05) is 0 Å². The van der Waals surface area contributed by atoms with E-state index in [9.17, 15) is 23.3 Å². The first kappa shape index (κ1) is 18.8. The summed E-state index contributed by atoms with van der Waals surface area (Å²) in [5.41, 5.74) is 5.37. The van der Waals surface area contributed by atoms with E-state index in [2.05, 4.69) is 5.32 Å². The zero-order chi connectivity index (χ0) is 17.5. The summed E-state index contributed by atoms with van der Waals surface area (Å²) in [4.78, 5) is 23.1. The molecule has 9 nitrogen and oxygen atoms in total. The average Bonchev–Trinajstić information content (AvgIpc) is 2.53. The van der Waals surface area contributed by atoms with Gasteiger partial charge in [-0.3, -0.25) is 4.79 Å². The van der Waals surface area contributed by atoms with E-state index in [1.54, 1.807) is 6.07 Å². The van der Waals surface area contributed by atoms with Crippen LogP contribution in [0.25, 0.3) is 0 Å². The van der Waals surface area contributed by atoms with Gasteiger partial charge in [-0.1, -0.05) is 18.2 Å². The van der Waals surface area contributed by atoms with Crippen LogP contribution in [0.4, 0.5) is 0 Å². The van der Waals surface area contributed by atoms with Crippen LogP contribution in [-0.4, -0.2) is 43.4 Å². The molecule has 23 heavy (non-hydrogen) atoms. The Kier molecular flexibility index (Phi) is 6.91. The van der Waals surface area contributed by atoms with Crippen LogP contribution in [0.2, 0.25) is 0 Å². The second kappa shape index (κ2) is 8.44. The maximum absolute atomic E-state index is 12.5. The van der Waals surface area contributed by atoms with Crippen molar-refractivity contribution in [3.8, 4) is 0 Å². The SMILES string of the molecule is CNC(=O)[C@H](CCCCN)N([N+](=O)[O-])S(=O)(=O)c1ccccc1. The van der Waals surface area contributed by atoms with Crippen LogP contribution in [0.5, 0.6) is 0 Å². The number of carbonyl (C=O) groups is 1. The molecule has 128 valence electrons. The summed E-state index contributed by atoms with van der Waals surface area (Å²) in [6, 6.07) is 5.54. The molecule has 0 radical (unpaired) electrons. The van der Waals surface area contributed by atoms with Crippen LogP contribution in [0, 0.1) is 10.1 Å². The number of nitrogens with one attached hydrogen (secondary N) is 1. The Balaban J connectivity index is 3.24. The largest absolute Gasteiger partial charge is 0.357 e. The highest BCUT2D eigenvalue weighted by molar-refractivity contribution is 7.89. The molecule has 0 aliphatic carbocycles. The molecule has 0 heterocycles. The van der Waals surface area contributed by atoms with Crippen molar-refractivity contribution in [3.05, 3.63) is 40.4 Å². The molecule has 0 spiro atoms. The van der Waals surface area contributed by atoms with Gasteiger partial charge in [0.05, 0.1) is 4.90 Å². The van der Waals surface area contributed by atoms with Gasteiger partial charge in [0.2, 0.25) is 5.91 Å². The van der Waals surface area contributed by atoms with E-state index < -0.39 is 27.0 Å². The number of sulfonamides is 1.